The van der Waals surface area contributed by atoms with Gasteiger partial charge in [-0.1, -0.05) is 0 Å². The van der Waals surface area contributed by atoms with Crippen LogP contribution in [0.2, 0.25) is 0 Å². The zero-order chi connectivity index (χ0) is 15.8. The predicted molar refractivity (Wildman–Crippen MR) is 86.7 cm³/mol. The number of ether oxygens (including phenoxy) is 1. The first kappa shape index (κ1) is 17.3. The molecule has 0 fully saturated rings. The lowest BCUT2D eigenvalue weighted by atomic mass is 10.1. The summed E-state index contributed by atoms with van der Waals surface area (Å²) in [6.07, 6.45) is 2.02. The maximum Gasteiger partial charge on any atom is 0.255 e. The minimum Gasteiger partial charge on any atom is -0.496 e. The van der Waals surface area contributed by atoms with Gasteiger partial charge in [0.25, 0.3) is 5.91 Å². The van der Waals surface area contributed by atoms with E-state index in [1.165, 1.54) is 7.11 Å². The molecule has 0 saturated carbocycles. The third kappa shape index (κ3) is 5.63. The number of anilines is 1. The molecule has 0 atom stereocenters. The van der Waals surface area contributed by atoms with Crippen molar-refractivity contribution in [3.8, 4) is 5.75 Å². The number of unbranched alkanes of at least 4 members (excludes halogenated alkanes) is 1. The third-order valence-corrected chi connectivity index (χ3v) is 3.57. The number of hydrogen-bond donors (Lipinski definition) is 2. The highest BCUT2D eigenvalue weighted by Crippen LogP contribution is 2.21. The summed E-state index contributed by atoms with van der Waals surface area (Å²) in [7, 11) is 3.65. The maximum atomic E-state index is 12.1. The first-order valence-electron chi connectivity index (χ1n) is 7.37. The van der Waals surface area contributed by atoms with Gasteiger partial charge in [0.15, 0.2) is 0 Å². The van der Waals surface area contributed by atoms with E-state index in [0.29, 0.717) is 29.6 Å². The number of nitrogen functional groups attached to an aromatic ring is 1. The molecule has 1 rings (SSSR count). The minimum absolute atomic E-state index is 0.121. The van der Waals surface area contributed by atoms with Crippen LogP contribution in [0.25, 0.3) is 0 Å². The Morgan fingerprint density at radius 2 is 2.10 bits per heavy atom. The summed E-state index contributed by atoms with van der Waals surface area (Å²) < 4.78 is 5.19. The fraction of sp³-hybridized carbons (Fsp3) is 0.562. The molecule has 3 N–H and O–H groups in total. The molecule has 1 aromatic rings. The van der Waals surface area contributed by atoms with Gasteiger partial charge in [0.1, 0.15) is 5.75 Å². The molecular formula is C16H27N3O2. The second-order valence-electron chi connectivity index (χ2n) is 5.50. The summed E-state index contributed by atoms with van der Waals surface area (Å²) in [5, 5.41) is 2.92. The van der Waals surface area contributed by atoms with Crippen LogP contribution < -0.4 is 15.8 Å². The zero-order valence-electron chi connectivity index (χ0n) is 13.5. The number of amides is 1. The van der Waals surface area contributed by atoms with Gasteiger partial charge in [-0.3, -0.25) is 4.79 Å². The number of carbonyl (C=O) groups is 1. The van der Waals surface area contributed by atoms with E-state index in [9.17, 15) is 4.79 Å². The summed E-state index contributed by atoms with van der Waals surface area (Å²) >= 11 is 0. The van der Waals surface area contributed by atoms with E-state index in [-0.39, 0.29) is 5.91 Å². The number of benzene rings is 1. The highest BCUT2D eigenvalue weighted by Gasteiger charge is 2.11. The predicted octanol–water partition coefficient (Wildman–Crippen LogP) is 2.13. The van der Waals surface area contributed by atoms with Gasteiger partial charge in [0.2, 0.25) is 0 Å². The Bertz CT molecular complexity index is 461. The van der Waals surface area contributed by atoms with Crippen molar-refractivity contribution in [2.75, 3.05) is 33.0 Å². The van der Waals surface area contributed by atoms with Gasteiger partial charge in [-0.15, -0.1) is 0 Å². The smallest absolute Gasteiger partial charge is 0.255 e. The fourth-order valence-corrected chi connectivity index (χ4v) is 1.94. The van der Waals surface area contributed by atoms with Crippen molar-refractivity contribution >= 4 is 11.6 Å². The summed E-state index contributed by atoms with van der Waals surface area (Å²) in [4.78, 5) is 14.4. The van der Waals surface area contributed by atoms with Gasteiger partial charge >= 0.3 is 0 Å². The molecule has 5 nitrogen and oxygen atoms in total. The molecule has 21 heavy (non-hydrogen) atoms. The molecule has 0 aliphatic rings. The van der Waals surface area contributed by atoms with E-state index in [0.717, 1.165) is 19.4 Å². The van der Waals surface area contributed by atoms with E-state index in [1.807, 2.05) is 0 Å². The number of nitrogens with two attached hydrogens (primary N) is 1. The largest absolute Gasteiger partial charge is 0.496 e. The Balaban J connectivity index is 2.38. The molecule has 0 aromatic heterocycles. The topological polar surface area (TPSA) is 67.6 Å². The van der Waals surface area contributed by atoms with Crippen LogP contribution in [0.3, 0.4) is 0 Å². The van der Waals surface area contributed by atoms with Gasteiger partial charge in [0.05, 0.1) is 12.7 Å². The molecule has 0 bridgehead atoms. The standard InChI is InChI=1S/C16H27N3O2/c1-12(2)19(3)10-6-5-9-18-16(20)14-8-7-13(17)11-15(14)21-4/h7-8,11-12H,5-6,9-10,17H2,1-4H3,(H,18,20). The molecule has 0 radical (unpaired) electrons. The van der Waals surface area contributed by atoms with E-state index < -0.39 is 0 Å². The van der Waals surface area contributed by atoms with Crippen molar-refractivity contribution in [2.24, 2.45) is 0 Å². The number of methoxy groups -OCH3 is 1. The van der Waals surface area contributed by atoms with Gasteiger partial charge < -0.3 is 20.7 Å². The number of nitrogens with zero attached hydrogens (tertiary/aromatic N) is 1. The molecule has 1 amide bonds. The first-order chi connectivity index (χ1) is 9.95. The highest BCUT2D eigenvalue weighted by atomic mass is 16.5. The monoisotopic (exact) mass is 293 g/mol. The van der Waals surface area contributed by atoms with Gasteiger partial charge in [-0.05, 0) is 52.4 Å². The Morgan fingerprint density at radius 3 is 2.71 bits per heavy atom. The Kier molecular flexibility index (Phi) is 7.02. The second-order valence-corrected chi connectivity index (χ2v) is 5.50. The van der Waals surface area contributed by atoms with Crippen LogP contribution in [0, 0.1) is 0 Å². The van der Waals surface area contributed by atoms with E-state index in [4.69, 9.17) is 10.5 Å². The fourth-order valence-electron chi connectivity index (χ4n) is 1.94. The van der Waals surface area contributed by atoms with Crippen molar-refractivity contribution < 1.29 is 9.53 Å². The van der Waals surface area contributed by atoms with Gasteiger partial charge in [-0.25, -0.2) is 0 Å². The third-order valence-electron chi connectivity index (χ3n) is 3.57. The van der Waals surface area contributed by atoms with Crippen molar-refractivity contribution in [2.45, 2.75) is 32.7 Å². The SMILES string of the molecule is COc1cc(N)ccc1C(=O)NCCCCN(C)C(C)C. The maximum absolute atomic E-state index is 12.1. The van der Waals surface area contributed by atoms with Crippen molar-refractivity contribution in [3.63, 3.8) is 0 Å². The Hall–Kier alpha value is -1.75. The zero-order valence-corrected chi connectivity index (χ0v) is 13.5. The van der Waals surface area contributed by atoms with Crippen LogP contribution in [-0.4, -0.2) is 44.1 Å². The van der Waals surface area contributed by atoms with Crippen molar-refractivity contribution in [1.29, 1.82) is 0 Å². The summed E-state index contributed by atoms with van der Waals surface area (Å²) in [6, 6.07) is 5.61. The average molecular weight is 293 g/mol. The minimum atomic E-state index is -0.121. The van der Waals surface area contributed by atoms with Crippen molar-refractivity contribution in [3.05, 3.63) is 23.8 Å². The molecule has 0 spiro atoms. The molecule has 5 heteroatoms. The number of nitrogens with one attached hydrogen (secondary N) is 1. The lowest BCUT2D eigenvalue weighted by Crippen LogP contribution is -2.29. The molecule has 0 unspecified atom stereocenters. The number of rotatable bonds is 8. The summed E-state index contributed by atoms with van der Waals surface area (Å²) in [5.41, 5.74) is 6.78. The molecule has 0 heterocycles. The Labute approximate surface area is 127 Å². The highest BCUT2D eigenvalue weighted by molar-refractivity contribution is 5.97. The molecule has 118 valence electrons. The molecule has 0 aliphatic carbocycles. The lowest BCUT2D eigenvalue weighted by Gasteiger charge is -2.20. The number of carbonyl (C=O) groups excluding carboxylic acids is 1. The molecule has 1 aromatic carbocycles. The van der Waals surface area contributed by atoms with Crippen LogP contribution in [0.15, 0.2) is 18.2 Å². The average Bonchev–Trinajstić information content (AvgIpc) is 2.45. The van der Waals surface area contributed by atoms with Crippen LogP contribution in [0.4, 0.5) is 5.69 Å². The summed E-state index contributed by atoms with van der Waals surface area (Å²) in [5.74, 6) is 0.385. The number of hydrogen-bond acceptors (Lipinski definition) is 4. The van der Waals surface area contributed by atoms with Crippen LogP contribution in [0.5, 0.6) is 5.75 Å². The Morgan fingerprint density at radius 1 is 1.38 bits per heavy atom. The van der Waals surface area contributed by atoms with Crippen molar-refractivity contribution in [1.82, 2.24) is 10.2 Å². The summed E-state index contributed by atoms with van der Waals surface area (Å²) in [6.45, 7) is 6.06. The van der Waals surface area contributed by atoms with E-state index in [2.05, 4.69) is 31.1 Å². The second kappa shape index (κ2) is 8.52. The van der Waals surface area contributed by atoms with Gasteiger partial charge in [-0.2, -0.15) is 0 Å². The first-order valence-corrected chi connectivity index (χ1v) is 7.37. The normalized spacial score (nSPS) is 11.0. The van der Waals surface area contributed by atoms with Crippen LogP contribution in [0.1, 0.15) is 37.0 Å². The quantitative estimate of drug-likeness (QED) is 0.569. The van der Waals surface area contributed by atoms with Gasteiger partial charge in [0, 0.05) is 24.3 Å². The van der Waals surface area contributed by atoms with Crippen LogP contribution >= 0.6 is 0 Å². The molecule has 0 saturated heterocycles. The molecular weight excluding hydrogens is 266 g/mol. The van der Waals surface area contributed by atoms with E-state index >= 15 is 0 Å². The lowest BCUT2D eigenvalue weighted by molar-refractivity contribution is 0.0949. The molecule has 0 aliphatic heterocycles. The van der Waals surface area contributed by atoms with E-state index in [1.54, 1.807) is 18.2 Å². The van der Waals surface area contributed by atoms with Crippen LogP contribution in [-0.2, 0) is 0 Å².